The van der Waals surface area contributed by atoms with Crippen LogP contribution in [0.3, 0.4) is 0 Å². The molecule has 0 radical (unpaired) electrons. The summed E-state index contributed by atoms with van der Waals surface area (Å²) in [5, 5.41) is 4.74. The van der Waals surface area contributed by atoms with Crippen molar-refractivity contribution in [2.75, 3.05) is 0 Å². The molecule has 1 heterocycles. The van der Waals surface area contributed by atoms with Crippen LogP contribution in [0, 0.1) is 5.82 Å². The predicted octanol–water partition coefficient (Wildman–Crippen LogP) is 3.02. The third kappa shape index (κ3) is 3.14. The minimum atomic E-state index is -0.319. The number of aromatic nitrogens is 2. The highest BCUT2D eigenvalue weighted by molar-refractivity contribution is 6.30. The number of halogens is 2. The predicted molar refractivity (Wildman–Crippen MR) is 74.6 cm³/mol. The van der Waals surface area contributed by atoms with E-state index in [0.29, 0.717) is 17.0 Å². The molecule has 102 valence electrons. The monoisotopic (exact) mass is 281 g/mol. The SMILES string of the molecule is CCc1cc(C(N)Cc2ccc(Cl)cc2F)n(C)n1. The number of hydrogen-bond donors (Lipinski definition) is 1. The second kappa shape index (κ2) is 5.72. The third-order valence-electron chi connectivity index (χ3n) is 3.16. The molecular weight excluding hydrogens is 265 g/mol. The van der Waals surface area contributed by atoms with Crippen LogP contribution in [0.5, 0.6) is 0 Å². The zero-order valence-corrected chi connectivity index (χ0v) is 11.8. The zero-order valence-electron chi connectivity index (χ0n) is 11.0. The van der Waals surface area contributed by atoms with E-state index >= 15 is 0 Å². The molecule has 1 unspecified atom stereocenters. The molecule has 1 aromatic heterocycles. The fourth-order valence-electron chi connectivity index (χ4n) is 2.09. The summed E-state index contributed by atoms with van der Waals surface area (Å²) in [4.78, 5) is 0. The van der Waals surface area contributed by atoms with Gasteiger partial charge >= 0.3 is 0 Å². The van der Waals surface area contributed by atoms with Gasteiger partial charge in [-0.05, 0) is 36.6 Å². The van der Waals surface area contributed by atoms with E-state index < -0.39 is 0 Å². The molecule has 5 heteroatoms. The number of nitrogens with two attached hydrogens (primary N) is 1. The Morgan fingerprint density at radius 2 is 2.16 bits per heavy atom. The highest BCUT2D eigenvalue weighted by Crippen LogP contribution is 2.21. The molecule has 0 saturated carbocycles. The Kier molecular flexibility index (Phi) is 4.22. The zero-order chi connectivity index (χ0) is 14.0. The lowest BCUT2D eigenvalue weighted by Gasteiger charge is -2.12. The molecule has 2 aromatic rings. The molecular formula is C14H17ClFN3. The van der Waals surface area contributed by atoms with E-state index in [4.69, 9.17) is 17.3 Å². The van der Waals surface area contributed by atoms with Gasteiger partial charge in [0.2, 0.25) is 0 Å². The quantitative estimate of drug-likeness (QED) is 0.936. The lowest BCUT2D eigenvalue weighted by Crippen LogP contribution is -2.17. The van der Waals surface area contributed by atoms with Crippen molar-refractivity contribution in [2.24, 2.45) is 12.8 Å². The Hall–Kier alpha value is -1.39. The number of nitrogens with zero attached hydrogens (tertiary/aromatic N) is 2. The van der Waals surface area contributed by atoms with Gasteiger partial charge in [0.05, 0.1) is 17.4 Å². The van der Waals surface area contributed by atoms with E-state index in [1.165, 1.54) is 6.07 Å². The molecule has 3 nitrogen and oxygen atoms in total. The Balaban J connectivity index is 2.20. The lowest BCUT2D eigenvalue weighted by molar-refractivity contribution is 0.573. The van der Waals surface area contributed by atoms with E-state index in [-0.39, 0.29) is 11.9 Å². The summed E-state index contributed by atoms with van der Waals surface area (Å²) < 4.78 is 15.5. The van der Waals surface area contributed by atoms with Gasteiger partial charge in [-0.3, -0.25) is 4.68 Å². The van der Waals surface area contributed by atoms with Crippen molar-refractivity contribution < 1.29 is 4.39 Å². The third-order valence-corrected chi connectivity index (χ3v) is 3.40. The van der Waals surface area contributed by atoms with Gasteiger partial charge in [0.1, 0.15) is 5.82 Å². The van der Waals surface area contributed by atoms with Gasteiger partial charge < -0.3 is 5.73 Å². The van der Waals surface area contributed by atoms with E-state index in [0.717, 1.165) is 17.8 Å². The first-order chi connectivity index (χ1) is 9.01. The molecule has 0 amide bonds. The molecule has 1 aromatic carbocycles. The van der Waals surface area contributed by atoms with Gasteiger partial charge in [-0.25, -0.2) is 4.39 Å². The van der Waals surface area contributed by atoms with Gasteiger partial charge in [0.25, 0.3) is 0 Å². The summed E-state index contributed by atoms with van der Waals surface area (Å²) in [5.74, 6) is -0.319. The minimum Gasteiger partial charge on any atom is -0.322 e. The largest absolute Gasteiger partial charge is 0.322 e. The summed E-state index contributed by atoms with van der Waals surface area (Å²) in [6.45, 7) is 2.04. The van der Waals surface area contributed by atoms with Crippen LogP contribution in [0.4, 0.5) is 4.39 Å². The average molecular weight is 282 g/mol. The minimum absolute atomic E-state index is 0.284. The van der Waals surface area contributed by atoms with Gasteiger partial charge in [-0.2, -0.15) is 5.10 Å². The van der Waals surface area contributed by atoms with Crippen molar-refractivity contribution in [3.8, 4) is 0 Å². The van der Waals surface area contributed by atoms with Crippen LogP contribution < -0.4 is 5.73 Å². The standard InChI is InChI=1S/C14H17ClFN3/c1-3-11-8-14(19(2)18-11)13(17)6-9-4-5-10(15)7-12(9)16/h4-5,7-8,13H,3,6,17H2,1-2H3. The van der Waals surface area contributed by atoms with Crippen molar-refractivity contribution in [3.05, 3.63) is 52.1 Å². The van der Waals surface area contributed by atoms with Gasteiger partial charge in [-0.1, -0.05) is 24.6 Å². The molecule has 0 aliphatic heterocycles. The highest BCUT2D eigenvalue weighted by Gasteiger charge is 2.15. The lowest BCUT2D eigenvalue weighted by atomic mass is 10.0. The molecule has 0 fully saturated rings. The molecule has 0 bridgehead atoms. The maximum Gasteiger partial charge on any atom is 0.127 e. The summed E-state index contributed by atoms with van der Waals surface area (Å²) in [6.07, 6.45) is 1.28. The fraction of sp³-hybridized carbons (Fsp3) is 0.357. The smallest absolute Gasteiger partial charge is 0.127 e. The highest BCUT2D eigenvalue weighted by atomic mass is 35.5. The average Bonchev–Trinajstić information content (AvgIpc) is 2.74. The van der Waals surface area contributed by atoms with Gasteiger partial charge in [-0.15, -0.1) is 0 Å². The first-order valence-electron chi connectivity index (χ1n) is 6.23. The van der Waals surface area contributed by atoms with Crippen molar-refractivity contribution in [2.45, 2.75) is 25.8 Å². The molecule has 2 rings (SSSR count). The number of benzene rings is 1. The normalized spacial score (nSPS) is 12.7. The molecule has 0 spiro atoms. The maximum atomic E-state index is 13.7. The van der Waals surface area contributed by atoms with E-state index in [1.807, 2.05) is 20.0 Å². The molecule has 0 aliphatic rings. The van der Waals surface area contributed by atoms with Crippen LogP contribution in [-0.4, -0.2) is 9.78 Å². The van der Waals surface area contributed by atoms with Crippen molar-refractivity contribution in [1.82, 2.24) is 9.78 Å². The van der Waals surface area contributed by atoms with Crippen LogP contribution in [0.25, 0.3) is 0 Å². The van der Waals surface area contributed by atoms with Crippen LogP contribution in [-0.2, 0) is 19.9 Å². The van der Waals surface area contributed by atoms with Gasteiger partial charge in [0, 0.05) is 12.1 Å². The molecule has 19 heavy (non-hydrogen) atoms. The van der Waals surface area contributed by atoms with E-state index in [2.05, 4.69) is 5.10 Å². The fourth-order valence-corrected chi connectivity index (χ4v) is 2.25. The van der Waals surface area contributed by atoms with Crippen LogP contribution in [0.2, 0.25) is 5.02 Å². The van der Waals surface area contributed by atoms with Crippen molar-refractivity contribution in [1.29, 1.82) is 0 Å². The van der Waals surface area contributed by atoms with Gasteiger partial charge in [0.15, 0.2) is 0 Å². The Morgan fingerprint density at radius 1 is 1.42 bits per heavy atom. The Labute approximate surface area is 117 Å². The Bertz CT molecular complexity index is 580. The first kappa shape index (κ1) is 14.0. The maximum absolute atomic E-state index is 13.7. The molecule has 0 saturated heterocycles. The topological polar surface area (TPSA) is 43.8 Å². The second-order valence-electron chi connectivity index (χ2n) is 4.58. The number of hydrogen-bond acceptors (Lipinski definition) is 2. The summed E-state index contributed by atoms with van der Waals surface area (Å²) in [6, 6.07) is 6.35. The second-order valence-corrected chi connectivity index (χ2v) is 5.02. The summed E-state index contributed by atoms with van der Waals surface area (Å²) in [7, 11) is 1.85. The Morgan fingerprint density at radius 3 is 2.74 bits per heavy atom. The summed E-state index contributed by atoms with van der Waals surface area (Å²) in [5.41, 5.74) is 8.61. The van der Waals surface area contributed by atoms with Crippen molar-refractivity contribution in [3.63, 3.8) is 0 Å². The molecule has 0 aliphatic carbocycles. The van der Waals surface area contributed by atoms with Crippen LogP contribution in [0.1, 0.15) is 29.9 Å². The number of aryl methyl sites for hydroxylation is 2. The van der Waals surface area contributed by atoms with E-state index in [1.54, 1.807) is 16.8 Å². The van der Waals surface area contributed by atoms with Crippen molar-refractivity contribution >= 4 is 11.6 Å². The molecule has 2 N–H and O–H groups in total. The first-order valence-corrected chi connectivity index (χ1v) is 6.61. The van der Waals surface area contributed by atoms with E-state index in [9.17, 15) is 4.39 Å². The molecule has 1 atom stereocenters. The van der Waals surface area contributed by atoms with Crippen LogP contribution in [0.15, 0.2) is 24.3 Å². The number of rotatable bonds is 4. The van der Waals surface area contributed by atoms with Crippen LogP contribution >= 0.6 is 11.6 Å². The summed E-state index contributed by atoms with van der Waals surface area (Å²) >= 11 is 5.73.